The van der Waals surface area contributed by atoms with Gasteiger partial charge in [-0.15, -0.1) is 0 Å². The molecule has 0 N–H and O–H groups in total. The van der Waals surface area contributed by atoms with Crippen LogP contribution in [-0.4, -0.2) is 24.0 Å². The van der Waals surface area contributed by atoms with Crippen LogP contribution in [0, 0.1) is 5.92 Å². The number of alkyl halides is 6. The van der Waals surface area contributed by atoms with Crippen LogP contribution in [0.5, 0.6) is 0 Å². The first-order valence-electron chi connectivity index (χ1n) is 8.71. The minimum atomic E-state index is -4.77. The Balaban J connectivity index is 1.90. The largest absolute Gasteiger partial charge is 0.416 e. The number of piperidine rings is 2. The van der Waals surface area contributed by atoms with Gasteiger partial charge in [-0.25, -0.2) is 0 Å². The number of fused-ring (bicyclic) bond motifs is 2. The molecule has 1 nitrogen and oxygen atoms in total. The lowest BCUT2D eigenvalue weighted by Crippen LogP contribution is -2.54. The van der Waals surface area contributed by atoms with Crippen LogP contribution in [0.2, 0.25) is 0 Å². The van der Waals surface area contributed by atoms with Gasteiger partial charge in [0.15, 0.2) is 0 Å². The molecule has 1 aromatic rings. The maximum atomic E-state index is 13.6. The maximum absolute atomic E-state index is 13.6. The lowest BCUT2D eigenvalue weighted by atomic mass is 9.65. The molecule has 1 aliphatic carbocycles. The van der Waals surface area contributed by atoms with E-state index in [1.54, 1.807) is 0 Å². The van der Waals surface area contributed by atoms with Gasteiger partial charge < -0.3 is 0 Å². The van der Waals surface area contributed by atoms with Crippen molar-refractivity contribution in [2.75, 3.05) is 13.1 Å². The summed E-state index contributed by atoms with van der Waals surface area (Å²) in [6.45, 7) is 1.77. The molecule has 0 aromatic heterocycles. The van der Waals surface area contributed by atoms with Crippen molar-refractivity contribution in [1.82, 2.24) is 4.90 Å². The second-order valence-electron chi connectivity index (χ2n) is 7.47. The van der Waals surface area contributed by atoms with Crippen LogP contribution < -0.4 is 0 Å². The predicted octanol–water partition coefficient (Wildman–Crippen LogP) is 5.24. The van der Waals surface area contributed by atoms with Gasteiger partial charge in [-0.1, -0.05) is 0 Å². The van der Waals surface area contributed by atoms with Crippen molar-refractivity contribution in [3.05, 3.63) is 34.4 Å². The molecule has 3 atom stereocenters. The van der Waals surface area contributed by atoms with Crippen molar-refractivity contribution >= 4 is 0 Å². The quantitative estimate of drug-likeness (QED) is 0.570. The van der Waals surface area contributed by atoms with Crippen molar-refractivity contribution in [1.29, 1.82) is 0 Å². The number of nitrogens with zero attached hydrogens (tertiary/aromatic N) is 1. The minimum Gasteiger partial charge on any atom is -0.299 e. The highest BCUT2D eigenvalue weighted by Crippen LogP contribution is 2.51. The number of hydrogen-bond donors (Lipinski definition) is 0. The highest BCUT2D eigenvalue weighted by Gasteiger charge is 2.49. The molecule has 7 heteroatoms. The van der Waals surface area contributed by atoms with Crippen molar-refractivity contribution in [3.63, 3.8) is 0 Å². The summed E-state index contributed by atoms with van der Waals surface area (Å²) in [6.07, 6.45) is -5.94. The van der Waals surface area contributed by atoms with E-state index in [9.17, 15) is 26.3 Å². The number of benzene rings is 1. The molecule has 4 rings (SSSR count). The molecule has 0 bridgehead atoms. The van der Waals surface area contributed by atoms with Gasteiger partial charge in [-0.2, -0.15) is 26.3 Å². The fourth-order valence-electron chi connectivity index (χ4n) is 5.24. The Kier molecular flexibility index (Phi) is 3.87. The van der Waals surface area contributed by atoms with E-state index in [4.69, 9.17) is 0 Å². The second-order valence-corrected chi connectivity index (χ2v) is 7.47. The van der Waals surface area contributed by atoms with Crippen molar-refractivity contribution in [3.8, 4) is 0 Å². The molecular formula is C18H19F6N. The molecule has 0 radical (unpaired) electrons. The van der Waals surface area contributed by atoms with Crippen molar-refractivity contribution in [2.24, 2.45) is 5.92 Å². The third kappa shape index (κ3) is 2.84. The lowest BCUT2D eigenvalue weighted by Gasteiger charge is -2.52. The molecule has 1 aromatic carbocycles. The molecule has 2 fully saturated rings. The van der Waals surface area contributed by atoms with Gasteiger partial charge in [-0.3, -0.25) is 4.90 Å². The zero-order valence-electron chi connectivity index (χ0n) is 13.6. The first-order chi connectivity index (χ1) is 11.7. The third-order valence-corrected chi connectivity index (χ3v) is 6.05. The first-order valence-corrected chi connectivity index (χ1v) is 8.71. The van der Waals surface area contributed by atoms with Crippen molar-refractivity contribution < 1.29 is 26.3 Å². The van der Waals surface area contributed by atoms with E-state index >= 15 is 0 Å². The van der Waals surface area contributed by atoms with Crippen LogP contribution in [0.1, 0.15) is 53.9 Å². The maximum Gasteiger partial charge on any atom is 0.416 e. The van der Waals surface area contributed by atoms with E-state index in [2.05, 4.69) is 4.90 Å². The number of rotatable bonds is 0. The van der Waals surface area contributed by atoms with Crippen LogP contribution in [-0.2, 0) is 18.8 Å². The van der Waals surface area contributed by atoms with Gasteiger partial charge in [0.2, 0.25) is 0 Å². The summed E-state index contributed by atoms with van der Waals surface area (Å²) >= 11 is 0. The van der Waals surface area contributed by atoms with Gasteiger partial charge >= 0.3 is 12.4 Å². The van der Waals surface area contributed by atoms with E-state index in [1.807, 2.05) is 0 Å². The highest BCUT2D eigenvalue weighted by atomic mass is 19.4. The molecule has 3 unspecified atom stereocenters. The summed E-state index contributed by atoms with van der Waals surface area (Å²) in [6, 6.07) is 1.34. The SMILES string of the molecule is FC(F)(F)c1cc2c(c(C(F)(F)F)c1)C1CCCN3CCCC(C2)C13. The van der Waals surface area contributed by atoms with Gasteiger partial charge in [0, 0.05) is 12.0 Å². The summed E-state index contributed by atoms with van der Waals surface area (Å²) in [5, 5.41) is 0. The fourth-order valence-corrected chi connectivity index (χ4v) is 5.24. The fraction of sp³-hybridized carbons (Fsp3) is 0.667. The molecule has 2 saturated heterocycles. The van der Waals surface area contributed by atoms with Crippen molar-refractivity contribution in [2.45, 2.75) is 56.4 Å². The summed E-state index contributed by atoms with van der Waals surface area (Å²) in [7, 11) is 0. The van der Waals surface area contributed by atoms with Crippen LogP contribution >= 0.6 is 0 Å². The smallest absolute Gasteiger partial charge is 0.299 e. The molecular weight excluding hydrogens is 344 g/mol. The molecule has 25 heavy (non-hydrogen) atoms. The van der Waals surface area contributed by atoms with E-state index in [-0.39, 0.29) is 29.0 Å². The Morgan fingerprint density at radius 1 is 0.880 bits per heavy atom. The summed E-state index contributed by atoms with van der Waals surface area (Å²) in [5.41, 5.74) is -1.86. The molecule has 2 aliphatic heterocycles. The molecule has 3 aliphatic rings. The van der Waals surface area contributed by atoms with E-state index in [1.165, 1.54) is 0 Å². The molecule has 0 spiro atoms. The average molecular weight is 363 g/mol. The topological polar surface area (TPSA) is 3.24 Å². The van der Waals surface area contributed by atoms with Gasteiger partial charge in [-0.05, 0) is 74.4 Å². The molecule has 138 valence electrons. The Hall–Kier alpha value is -1.24. The minimum absolute atomic E-state index is 0.0489. The van der Waals surface area contributed by atoms with Crippen LogP contribution in [0.15, 0.2) is 12.1 Å². The summed E-state index contributed by atoms with van der Waals surface area (Å²) in [4.78, 5) is 2.27. The van der Waals surface area contributed by atoms with E-state index in [0.29, 0.717) is 18.9 Å². The summed E-state index contributed by atoms with van der Waals surface area (Å²) < 4.78 is 80.2. The average Bonchev–Trinajstić information content (AvgIpc) is 2.52. The summed E-state index contributed by atoms with van der Waals surface area (Å²) in [5.74, 6) is -0.141. The number of halogens is 6. The Morgan fingerprint density at radius 2 is 1.56 bits per heavy atom. The monoisotopic (exact) mass is 363 g/mol. The van der Waals surface area contributed by atoms with E-state index in [0.717, 1.165) is 38.4 Å². The Morgan fingerprint density at radius 3 is 2.20 bits per heavy atom. The first kappa shape index (κ1) is 17.2. The molecule has 0 saturated carbocycles. The van der Waals surface area contributed by atoms with E-state index < -0.39 is 23.5 Å². The molecule has 2 heterocycles. The second kappa shape index (κ2) is 5.63. The Labute approximate surface area is 142 Å². The normalized spacial score (nSPS) is 29.9. The van der Waals surface area contributed by atoms with Gasteiger partial charge in [0.1, 0.15) is 0 Å². The number of hydrogen-bond acceptors (Lipinski definition) is 1. The molecule has 0 amide bonds. The predicted molar refractivity (Wildman–Crippen MR) is 80.2 cm³/mol. The van der Waals surface area contributed by atoms with Crippen LogP contribution in [0.3, 0.4) is 0 Å². The Bertz CT molecular complexity index is 675. The highest BCUT2D eigenvalue weighted by molar-refractivity contribution is 5.47. The zero-order chi connectivity index (χ0) is 18.0. The van der Waals surface area contributed by atoms with Crippen LogP contribution in [0.25, 0.3) is 0 Å². The third-order valence-electron chi connectivity index (χ3n) is 6.05. The van der Waals surface area contributed by atoms with Gasteiger partial charge in [0.25, 0.3) is 0 Å². The van der Waals surface area contributed by atoms with Gasteiger partial charge in [0.05, 0.1) is 11.1 Å². The lowest BCUT2D eigenvalue weighted by molar-refractivity contribution is -0.144. The standard InChI is InChI=1S/C18H19F6N/c19-17(20,21)12-8-11-7-10-3-1-5-25-6-2-4-13(16(10)25)15(11)14(9-12)18(22,23)24/h8-10,13,16H,1-7H2. The zero-order valence-corrected chi connectivity index (χ0v) is 13.6. The van der Waals surface area contributed by atoms with Crippen LogP contribution in [0.4, 0.5) is 26.3 Å².